The molecule has 0 unspecified atom stereocenters. The molecule has 3 aromatic rings. The fraction of sp³-hybridized carbons (Fsp3) is 0.100. The molecule has 6 heteroatoms. The van der Waals surface area contributed by atoms with E-state index in [9.17, 15) is 0 Å². The van der Waals surface area contributed by atoms with E-state index < -0.39 is 0 Å². The highest BCUT2D eigenvalue weighted by Crippen LogP contribution is 2.25. The Hall–Kier alpha value is -2.37. The predicted molar refractivity (Wildman–Crippen MR) is 60.5 cm³/mol. The van der Waals surface area contributed by atoms with Gasteiger partial charge in [0.25, 0.3) is 0 Å². The number of fused-ring (bicyclic) bond motifs is 1. The smallest absolute Gasteiger partial charge is 0.126 e. The predicted octanol–water partition coefficient (Wildman–Crippen LogP) is 0.941. The highest BCUT2D eigenvalue weighted by molar-refractivity contribution is 5.83. The second-order valence-corrected chi connectivity index (χ2v) is 3.61. The van der Waals surface area contributed by atoms with Crippen molar-refractivity contribution < 1.29 is 0 Å². The summed E-state index contributed by atoms with van der Waals surface area (Å²) in [5.41, 5.74) is 9.47. The summed E-state index contributed by atoms with van der Waals surface area (Å²) in [5, 5.41) is 14.6. The second kappa shape index (κ2) is 3.06. The van der Waals surface area contributed by atoms with E-state index >= 15 is 0 Å². The van der Waals surface area contributed by atoms with Crippen molar-refractivity contribution in [2.24, 2.45) is 7.05 Å². The van der Waals surface area contributed by atoms with Gasteiger partial charge < -0.3 is 5.73 Å². The monoisotopic (exact) mass is 214 g/mol. The van der Waals surface area contributed by atoms with E-state index in [1.165, 1.54) is 0 Å². The molecular weight excluding hydrogens is 204 g/mol. The number of nitrogen functional groups attached to an aromatic ring is 1. The lowest BCUT2D eigenvalue weighted by molar-refractivity contribution is 0.736. The first-order chi connectivity index (χ1) is 7.75. The number of H-pyrrole nitrogens is 1. The Morgan fingerprint density at radius 3 is 3.00 bits per heavy atom. The first-order valence-corrected chi connectivity index (χ1v) is 4.84. The van der Waals surface area contributed by atoms with Crippen LogP contribution in [-0.4, -0.2) is 25.2 Å². The molecule has 16 heavy (non-hydrogen) atoms. The van der Waals surface area contributed by atoms with Crippen LogP contribution in [0.15, 0.2) is 24.4 Å². The number of benzene rings is 1. The van der Waals surface area contributed by atoms with Crippen molar-refractivity contribution in [1.29, 1.82) is 0 Å². The number of nitrogens with one attached hydrogen (secondary N) is 1. The molecule has 0 spiro atoms. The Labute approximate surface area is 91.1 Å². The summed E-state index contributed by atoms with van der Waals surface area (Å²) in [4.78, 5) is 0. The van der Waals surface area contributed by atoms with Crippen LogP contribution in [0.25, 0.3) is 22.2 Å². The third-order valence-electron chi connectivity index (χ3n) is 2.59. The van der Waals surface area contributed by atoms with E-state index in [1.807, 2.05) is 25.2 Å². The first-order valence-electron chi connectivity index (χ1n) is 4.84. The number of nitrogens with zero attached hydrogens (tertiary/aromatic N) is 4. The molecule has 0 radical (unpaired) electrons. The summed E-state index contributed by atoms with van der Waals surface area (Å²) in [7, 11) is 1.86. The van der Waals surface area contributed by atoms with Gasteiger partial charge in [-0.25, -0.2) is 4.68 Å². The van der Waals surface area contributed by atoms with Gasteiger partial charge in [0.15, 0.2) is 0 Å². The molecule has 80 valence electrons. The van der Waals surface area contributed by atoms with Crippen LogP contribution >= 0.6 is 0 Å². The standard InChI is InChI=1S/C10H10N6/c1-16-9-3-2-6(4-8(9)13-15-16)7-5-12-14-10(7)11/h2-5H,1H3,(H3,11,12,14). The van der Waals surface area contributed by atoms with Crippen LogP contribution in [0.2, 0.25) is 0 Å². The average molecular weight is 214 g/mol. The molecule has 2 aromatic heterocycles. The lowest BCUT2D eigenvalue weighted by Gasteiger charge is -1.99. The maximum atomic E-state index is 5.76. The fourth-order valence-electron chi connectivity index (χ4n) is 1.73. The summed E-state index contributed by atoms with van der Waals surface area (Å²) in [6, 6.07) is 5.90. The molecule has 0 atom stereocenters. The summed E-state index contributed by atoms with van der Waals surface area (Å²) in [6.07, 6.45) is 1.70. The van der Waals surface area contributed by atoms with E-state index in [-0.39, 0.29) is 0 Å². The van der Waals surface area contributed by atoms with E-state index in [2.05, 4.69) is 20.5 Å². The molecule has 1 aromatic carbocycles. The van der Waals surface area contributed by atoms with Crippen LogP contribution in [0.5, 0.6) is 0 Å². The van der Waals surface area contributed by atoms with Crippen molar-refractivity contribution in [3.63, 3.8) is 0 Å². The van der Waals surface area contributed by atoms with Gasteiger partial charge >= 0.3 is 0 Å². The molecule has 3 rings (SSSR count). The number of hydrogen-bond donors (Lipinski definition) is 2. The summed E-state index contributed by atoms with van der Waals surface area (Å²) in [6.45, 7) is 0. The number of aromatic amines is 1. The van der Waals surface area contributed by atoms with Gasteiger partial charge in [-0.15, -0.1) is 5.10 Å². The van der Waals surface area contributed by atoms with Gasteiger partial charge in [0.1, 0.15) is 11.3 Å². The second-order valence-electron chi connectivity index (χ2n) is 3.61. The zero-order chi connectivity index (χ0) is 11.1. The zero-order valence-electron chi connectivity index (χ0n) is 8.68. The fourth-order valence-corrected chi connectivity index (χ4v) is 1.73. The number of nitrogens with two attached hydrogens (primary N) is 1. The molecule has 0 aliphatic heterocycles. The van der Waals surface area contributed by atoms with Gasteiger partial charge in [0, 0.05) is 12.6 Å². The number of hydrogen-bond acceptors (Lipinski definition) is 4. The van der Waals surface area contributed by atoms with E-state index in [0.29, 0.717) is 5.82 Å². The Morgan fingerprint density at radius 2 is 2.25 bits per heavy atom. The van der Waals surface area contributed by atoms with Crippen LogP contribution in [-0.2, 0) is 7.05 Å². The van der Waals surface area contributed by atoms with Crippen molar-refractivity contribution in [1.82, 2.24) is 25.2 Å². The normalized spacial score (nSPS) is 11.1. The van der Waals surface area contributed by atoms with Crippen LogP contribution < -0.4 is 5.73 Å². The highest BCUT2D eigenvalue weighted by atomic mass is 15.4. The molecule has 0 saturated carbocycles. The van der Waals surface area contributed by atoms with Gasteiger partial charge in [-0.3, -0.25) is 5.10 Å². The van der Waals surface area contributed by atoms with Crippen LogP contribution in [0.4, 0.5) is 5.82 Å². The third kappa shape index (κ3) is 1.16. The Morgan fingerprint density at radius 1 is 1.38 bits per heavy atom. The largest absolute Gasteiger partial charge is 0.384 e. The first kappa shape index (κ1) is 8.90. The number of anilines is 1. The molecule has 0 bridgehead atoms. The van der Waals surface area contributed by atoms with Crippen molar-refractivity contribution in [3.05, 3.63) is 24.4 Å². The molecule has 0 aliphatic carbocycles. The average Bonchev–Trinajstić information content (AvgIpc) is 2.86. The maximum absolute atomic E-state index is 5.76. The van der Waals surface area contributed by atoms with Gasteiger partial charge in [0.05, 0.1) is 11.7 Å². The highest BCUT2D eigenvalue weighted by Gasteiger charge is 2.07. The Bertz CT molecular complexity index is 650. The summed E-state index contributed by atoms with van der Waals surface area (Å²) >= 11 is 0. The molecule has 2 heterocycles. The molecule has 0 saturated heterocycles. The Kier molecular flexibility index (Phi) is 1.70. The number of aryl methyl sites for hydroxylation is 1. The molecule has 6 nitrogen and oxygen atoms in total. The van der Waals surface area contributed by atoms with Crippen molar-refractivity contribution in [2.45, 2.75) is 0 Å². The van der Waals surface area contributed by atoms with Crippen LogP contribution in [0.3, 0.4) is 0 Å². The third-order valence-corrected chi connectivity index (χ3v) is 2.59. The van der Waals surface area contributed by atoms with E-state index in [4.69, 9.17) is 5.73 Å². The molecular formula is C10H10N6. The Balaban J connectivity index is 2.23. The van der Waals surface area contributed by atoms with Crippen LogP contribution in [0.1, 0.15) is 0 Å². The lowest BCUT2D eigenvalue weighted by Crippen LogP contribution is -1.89. The minimum absolute atomic E-state index is 0.559. The molecule has 0 aliphatic rings. The summed E-state index contributed by atoms with van der Waals surface area (Å²) < 4.78 is 1.73. The van der Waals surface area contributed by atoms with Crippen LogP contribution in [0, 0.1) is 0 Å². The van der Waals surface area contributed by atoms with Crippen molar-refractivity contribution in [3.8, 4) is 11.1 Å². The minimum atomic E-state index is 0.559. The number of aromatic nitrogens is 5. The molecule has 3 N–H and O–H groups in total. The lowest BCUT2D eigenvalue weighted by atomic mass is 10.1. The van der Waals surface area contributed by atoms with E-state index in [0.717, 1.165) is 22.2 Å². The van der Waals surface area contributed by atoms with Crippen molar-refractivity contribution >= 4 is 16.9 Å². The molecule has 0 amide bonds. The SMILES string of the molecule is Cn1nnc2cc(-c3cn[nH]c3N)ccc21. The minimum Gasteiger partial charge on any atom is -0.384 e. The maximum Gasteiger partial charge on any atom is 0.126 e. The quantitative estimate of drug-likeness (QED) is 0.631. The van der Waals surface area contributed by atoms with Gasteiger partial charge in [-0.1, -0.05) is 11.3 Å². The van der Waals surface area contributed by atoms with Gasteiger partial charge in [-0.05, 0) is 17.7 Å². The van der Waals surface area contributed by atoms with E-state index in [1.54, 1.807) is 10.9 Å². The van der Waals surface area contributed by atoms with Gasteiger partial charge in [0.2, 0.25) is 0 Å². The summed E-state index contributed by atoms with van der Waals surface area (Å²) in [5.74, 6) is 0.559. The van der Waals surface area contributed by atoms with Crippen molar-refractivity contribution in [2.75, 3.05) is 5.73 Å². The topological polar surface area (TPSA) is 85.4 Å². The van der Waals surface area contributed by atoms with Gasteiger partial charge in [-0.2, -0.15) is 5.10 Å². The zero-order valence-corrected chi connectivity index (χ0v) is 8.68. The molecule has 0 fully saturated rings. The number of rotatable bonds is 1.